The third kappa shape index (κ3) is 1.63. The van der Waals surface area contributed by atoms with Crippen LogP contribution in [0.5, 0.6) is 0 Å². The maximum atomic E-state index is 5.37. The van der Waals surface area contributed by atoms with E-state index in [-0.39, 0.29) is 5.54 Å². The Morgan fingerprint density at radius 1 is 1.29 bits per heavy atom. The number of hydrogen-bond donors (Lipinski definition) is 1. The van der Waals surface area contributed by atoms with Crippen LogP contribution in [0, 0.1) is 4.77 Å². The van der Waals surface area contributed by atoms with Gasteiger partial charge in [-0.3, -0.25) is 9.67 Å². The largest absolute Gasteiger partial charge is 0.294 e. The molecule has 0 amide bonds. The van der Waals surface area contributed by atoms with E-state index >= 15 is 0 Å². The molecule has 2 aromatic rings. The number of benzene rings is 1. The molecule has 88 valence electrons. The van der Waals surface area contributed by atoms with Crippen molar-refractivity contribution in [1.82, 2.24) is 14.8 Å². The third-order valence-corrected chi connectivity index (χ3v) is 3.95. The van der Waals surface area contributed by atoms with Crippen molar-refractivity contribution in [2.24, 2.45) is 0 Å². The lowest BCUT2D eigenvalue weighted by molar-refractivity contribution is 0.168. The highest BCUT2D eigenvalue weighted by Gasteiger charge is 2.36. The van der Waals surface area contributed by atoms with Crippen LogP contribution < -0.4 is 0 Å². The fourth-order valence-electron chi connectivity index (χ4n) is 2.49. The molecule has 1 aromatic carbocycles. The lowest BCUT2D eigenvalue weighted by Gasteiger charge is -2.40. The number of aromatic nitrogens is 3. The van der Waals surface area contributed by atoms with Gasteiger partial charge in [-0.05, 0) is 38.4 Å². The molecular weight excluding hydrogens is 230 g/mol. The Morgan fingerprint density at radius 2 is 2.00 bits per heavy atom. The molecule has 1 heterocycles. The number of H-pyrrole nitrogens is 1. The normalized spacial score (nSPS) is 17.7. The van der Waals surface area contributed by atoms with Crippen LogP contribution in [-0.4, -0.2) is 14.8 Å². The molecule has 0 bridgehead atoms. The van der Waals surface area contributed by atoms with Crippen molar-refractivity contribution in [3.8, 4) is 11.4 Å². The molecule has 0 aliphatic heterocycles. The van der Waals surface area contributed by atoms with E-state index in [1.165, 1.54) is 19.3 Å². The summed E-state index contributed by atoms with van der Waals surface area (Å²) in [6.45, 7) is 2.26. The standard InChI is InChI=1S/C13H15N3S/c1-13(8-5-9-13)16-11(14-15-12(16)17)10-6-3-2-4-7-10/h2-4,6-7H,5,8-9H2,1H3,(H,15,17). The van der Waals surface area contributed by atoms with Gasteiger partial charge in [0.2, 0.25) is 0 Å². The minimum Gasteiger partial charge on any atom is -0.294 e. The molecule has 0 saturated heterocycles. The lowest BCUT2D eigenvalue weighted by atomic mass is 9.78. The van der Waals surface area contributed by atoms with Crippen LogP contribution >= 0.6 is 12.2 Å². The fourth-order valence-corrected chi connectivity index (χ4v) is 2.84. The SMILES string of the molecule is CC1(n2c(-c3ccccc3)n[nH]c2=S)CCC1. The Labute approximate surface area is 105 Å². The van der Waals surface area contributed by atoms with Crippen LogP contribution in [0.2, 0.25) is 0 Å². The highest BCUT2D eigenvalue weighted by atomic mass is 32.1. The molecule has 1 aliphatic carbocycles. The quantitative estimate of drug-likeness (QED) is 0.821. The van der Waals surface area contributed by atoms with E-state index in [1.54, 1.807) is 0 Å². The smallest absolute Gasteiger partial charge is 0.195 e. The second-order valence-electron chi connectivity index (χ2n) is 4.90. The van der Waals surface area contributed by atoms with Crippen LogP contribution in [0.15, 0.2) is 30.3 Å². The van der Waals surface area contributed by atoms with Crippen LogP contribution in [0.25, 0.3) is 11.4 Å². The average Bonchev–Trinajstić information content (AvgIpc) is 2.70. The molecule has 1 saturated carbocycles. The summed E-state index contributed by atoms with van der Waals surface area (Å²) < 4.78 is 2.91. The molecule has 0 unspecified atom stereocenters. The number of nitrogens with one attached hydrogen (secondary N) is 1. The molecule has 0 radical (unpaired) electrons. The third-order valence-electron chi connectivity index (χ3n) is 3.67. The molecule has 1 N–H and O–H groups in total. The van der Waals surface area contributed by atoms with Crippen molar-refractivity contribution >= 4 is 12.2 Å². The van der Waals surface area contributed by atoms with Crippen molar-refractivity contribution < 1.29 is 0 Å². The summed E-state index contributed by atoms with van der Waals surface area (Å²) in [5.74, 6) is 0.956. The van der Waals surface area contributed by atoms with E-state index < -0.39 is 0 Å². The van der Waals surface area contributed by atoms with E-state index in [0.717, 1.165) is 16.2 Å². The Bertz CT molecular complexity index is 578. The van der Waals surface area contributed by atoms with Gasteiger partial charge < -0.3 is 0 Å². The maximum Gasteiger partial charge on any atom is 0.195 e. The highest BCUT2D eigenvalue weighted by molar-refractivity contribution is 7.71. The minimum atomic E-state index is 0.148. The van der Waals surface area contributed by atoms with Gasteiger partial charge in [-0.15, -0.1) is 0 Å². The van der Waals surface area contributed by atoms with Gasteiger partial charge >= 0.3 is 0 Å². The van der Waals surface area contributed by atoms with E-state index in [0.29, 0.717) is 0 Å². The molecule has 17 heavy (non-hydrogen) atoms. The number of rotatable bonds is 2. The van der Waals surface area contributed by atoms with Crippen molar-refractivity contribution in [2.45, 2.75) is 31.7 Å². The zero-order chi connectivity index (χ0) is 11.9. The highest BCUT2D eigenvalue weighted by Crippen LogP contribution is 2.41. The maximum absolute atomic E-state index is 5.37. The Kier molecular flexibility index (Phi) is 2.40. The number of hydrogen-bond acceptors (Lipinski definition) is 2. The van der Waals surface area contributed by atoms with Crippen molar-refractivity contribution in [3.05, 3.63) is 35.1 Å². The first-order chi connectivity index (χ1) is 8.21. The molecule has 4 heteroatoms. The zero-order valence-corrected chi connectivity index (χ0v) is 10.6. The molecule has 0 atom stereocenters. The second kappa shape index (κ2) is 3.81. The molecule has 3 rings (SSSR count). The van der Waals surface area contributed by atoms with Crippen LogP contribution in [-0.2, 0) is 5.54 Å². The van der Waals surface area contributed by atoms with Gasteiger partial charge in [0.05, 0.1) is 0 Å². The first kappa shape index (κ1) is 10.7. The summed E-state index contributed by atoms with van der Waals surface area (Å²) in [6.07, 6.45) is 3.64. The monoisotopic (exact) mass is 245 g/mol. The molecule has 3 nitrogen and oxygen atoms in total. The van der Waals surface area contributed by atoms with E-state index in [2.05, 4.69) is 33.8 Å². The van der Waals surface area contributed by atoms with E-state index in [4.69, 9.17) is 12.2 Å². The first-order valence-electron chi connectivity index (χ1n) is 5.94. The van der Waals surface area contributed by atoms with Crippen LogP contribution in [0.3, 0.4) is 0 Å². The van der Waals surface area contributed by atoms with E-state index in [1.807, 2.05) is 18.2 Å². The predicted molar refractivity (Wildman–Crippen MR) is 70.3 cm³/mol. The Hall–Kier alpha value is -1.42. The zero-order valence-electron chi connectivity index (χ0n) is 9.81. The number of nitrogens with zero attached hydrogens (tertiary/aromatic N) is 2. The summed E-state index contributed by atoms with van der Waals surface area (Å²) in [6, 6.07) is 10.2. The van der Waals surface area contributed by atoms with Crippen molar-refractivity contribution in [3.63, 3.8) is 0 Å². The van der Waals surface area contributed by atoms with Gasteiger partial charge in [-0.2, -0.15) is 5.10 Å². The first-order valence-corrected chi connectivity index (χ1v) is 6.35. The fraction of sp³-hybridized carbons (Fsp3) is 0.385. The van der Waals surface area contributed by atoms with Gasteiger partial charge in [0.1, 0.15) is 0 Å². The van der Waals surface area contributed by atoms with Crippen molar-refractivity contribution in [1.29, 1.82) is 0 Å². The molecular formula is C13H15N3S. The van der Waals surface area contributed by atoms with Gasteiger partial charge in [-0.25, -0.2) is 0 Å². The Morgan fingerprint density at radius 3 is 2.59 bits per heavy atom. The van der Waals surface area contributed by atoms with Gasteiger partial charge in [0.25, 0.3) is 0 Å². The average molecular weight is 245 g/mol. The summed E-state index contributed by atoms with van der Waals surface area (Å²) in [4.78, 5) is 0. The van der Waals surface area contributed by atoms with E-state index in [9.17, 15) is 0 Å². The van der Waals surface area contributed by atoms with Crippen molar-refractivity contribution in [2.75, 3.05) is 0 Å². The predicted octanol–water partition coefficient (Wildman–Crippen LogP) is 3.51. The summed E-state index contributed by atoms with van der Waals surface area (Å²) in [5.41, 5.74) is 1.27. The lowest BCUT2D eigenvalue weighted by Crippen LogP contribution is -2.37. The summed E-state index contributed by atoms with van der Waals surface area (Å²) in [5, 5.41) is 7.31. The van der Waals surface area contributed by atoms with Gasteiger partial charge in [-0.1, -0.05) is 30.3 Å². The van der Waals surface area contributed by atoms with Gasteiger partial charge in [0, 0.05) is 11.1 Å². The minimum absolute atomic E-state index is 0.148. The van der Waals surface area contributed by atoms with Crippen LogP contribution in [0.1, 0.15) is 26.2 Å². The molecule has 1 aliphatic rings. The molecule has 0 spiro atoms. The second-order valence-corrected chi connectivity index (χ2v) is 5.29. The Balaban J connectivity index is 2.16. The van der Waals surface area contributed by atoms with Gasteiger partial charge in [0.15, 0.2) is 10.6 Å². The topological polar surface area (TPSA) is 33.6 Å². The van der Waals surface area contributed by atoms with Crippen LogP contribution in [0.4, 0.5) is 0 Å². The molecule has 1 fully saturated rings. The molecule has 1 aromatic heterocycles. The summed E-state index contributed by atoms with van der Waals surface area (Å²) >= 11 is 5.37. The number of aromatic amines is 1. The summed E-state index contributed by atoms with van der Waals surface area (Å²) in [7, 11) is 0.